The maximum atomic E-state index is 10.9. The van der Waals surface area contributed by atoms with E-state index in [1.165, 1.54) is 0 Å². The molecule has 2 aliphatic heterocycles. The summed E-state index contributed by atoms with van der Waals surface area (Å²) in [5.74, 6) is 1.58. The van der Waals surface area contributed by atoms with Crippen LogP contribution in [0.5, 0.6) is 0 Å². The summed E-state index contributed by atoms with van der Waals surface area (Å²) < 4.78 is 4.81. The van der Waals surface area contributed by atoms with E-state index in [-0.39, 0.29) is 5.97 Å². The van der Waals surface area contributed by atoms with Crippen molar-refractivity contribution in [3.63, 3.8) is 0 Å². The Morgan fingerprint density at radius 3 is 3.30 bits per heavy atom. The van der Waals surface area contributed by atoms with Gasteiger partial charge in [-0.3, -0.25) is 0 Å². The molecular formula is C6H7NO2S. The van der Waals surface area contributed by atoms with E-state index in [0.29, 0.717) is 12.3 Å². The van der Waals surface area contributed by atoms with Crippen molar-refractivity contribution >= 4 is 17.7 Å². The molecule has 0 saturated carbocycles. The molecule has 0 atom stereocenters. The van der Waals surface area contributed by atoms with E-state index in [2.05, 4.69) is 5.32 Å². The molecule has 0 unspecified atom stereocenters. The van der Waals surface area contributed by atoms with Crippen LogP contribution in [0.15, 0.2) is 11.3 Å². The van der Waals surface area contributed by atoms with Crippen LogP contribution in [-0.2, 0) is 9.53 Å². The Balaban J connectivity index is 2.29. The van der Waals surface area contributed by atoms with Gasteiger partial charge < -0.3 is 10.1 Å². The van der Waals surface area contributed by atoms with Crippen molar-refractivity contribution in [2.75, 3.05) is 18.2 Å². The number of carbonyl (C=O) groups is 1. The fourth-order valence-corrected chi connectivity index (χ4v) is 1.87. The molecule has 0 aromatic carbocycles. The van der Waals surface area contributed by atoms with Gasteiger partial charge in [-0.1, -0.05) is 0 Å². The van der Waals surface area contributed by atoms with Gasteiger partial charge in [-0.2, -0.15) is 0 Å². The van der Waals surface area contributed by atoms with Crippen LogP contribution in [0.4, 0.5) is 0 Å². The first-order valence-electron chi connectivity index (χ1n) is 3.08. The highest BCUT2D eigenvalue weighted by Crippen LogP contribution is 2.22. The number of nitrogens with one attached hydrogen (secondary N) is 1. The van der Waals surface area contributed by atoms with E-state index in [9.17, 15) is 4.79 Å². The van der Waals surface area contributed by atoms with Crippen LogP contribution < -0.4 is 5.32 Å². The molecule has 54 valence electrons. The number of ether oxygens (including phenoxy) is 1. The van der Waals surface area contributed by atoms with Crippen LogP contribution in [0.3, 0.4) is 0 Å². The largest absolute Gasteiger partial charge is 0.456 e. The van der Waals surface area contributed by atoms with E-state index in [1.54, 1.807) is 11.8 Å². The molecule has 0 aromatic heterocycles. The van der Waals surface area contributed by atoms with Gasteiger partial charge in [0.2, 0.25) is 0 Å². The second-order valence-corrected chi connectivity index (χ2v) is 3.21. The predicted molar refractivity (Wildman–Crippen MR) is 38.4 cm³/mol. The van der Waals surface area contributed by atoms with Crippen LogP contribution >= 0.6 is 11.8 Å². The standard InChI is InChI=1S/C6H7NO2S/c8-6-5-4(1-9-6)2-10-3-7-5/h7H,1-3H2. The lowest BCUT2D eigenvalue weighted by Crippen LogP contribution is -2.22. The van der Waals surface area contributed by atoms with Crippen molar-refractivity contribution in [2.24, 2.45) is 0 Å². The third kappa shape index (κ3) is 0.794. The van der Waals surface area contributed by atoms with Crippen LogP contribution in [0.1, 0.15) is 0 Å². The van der Waals surface area contributed by atoms with Crippen LogP contribution in [0.2, 0.25) is 0 Å². The molecule has 3 nitrogen and oxygen atoms in total. The molecular weight excluding hydrogens is 150 g/mol. The number of hydrogen-bond acceptors (Lipinski definition) is 4. The minimum Gasteiger partial charge on any atom is -0.456 e. The molecule has 10 heavy (non-hydrogen) atoms. The molecule has 2 heterocycles. The maximum absolute atomic E-state index is 10.9. The van der Waals surface area contributed by atoms with E-state index in [1.807, 2.05) is 0 Å². The molecule has 0 aliphatic carbocycles. The Kier molecular flexibility index (Phi) is 1.34. The van der Waals surface area contributed by atoms with E-state index in [0.717, 1.165) is 17.2 Å². The number of esters is 1. The highest BCUT2D eigenvalue weighted by molar-refractivity contribution is 7.99. The van der Waals surface area contributed by atoms with Crippen LogP contribution in [0.25, 0.3) is 0 Å². The predicted octanol–water partition coefficient (Wildman–Crippen LogP) is 0.0912. The number of thioether (sulfide) groups is 1. The average Bonchev–Trinajstić information content (AvgIpc) is 2.34. The van der Waals surface area contributed by atoms with Gasteiger partial charge in [0.25, 0.3) is 0 Å². The van der Waals surface area contributed by atoms with E-state index >= 15 is 0 Å². The Labute approximate surface area is 62.8 Å². The number of hydrogen-bond donors (Lipinski definition) is 1. The second kappa shape index (κ2) is 2.20. The fraction of sp³-hybridized carbons (Fsp3) is 0.500. The Bertz CT molecular complexity index is 212. The third-order valence-corrected chi connectivity index (χ3v) is 2.46. The Morgan fingerprint density at radius 1 is 1.60 bits per heavy atom. The Hall–Kier alpha value is -0.640. The summed E-state index contributed by atoms with van der Waals surface area (Å²) in [5.41, 5.74) is 1.82. The first kappa shape index (κ1) is 6.09. The van der Waals surface area contributed by atoms with Gasteiger partial charge in [0, 0.05) is 11.3 Å². The molecule has 0 aromatic rings. The molecule has 0 amide bonds. The molecule has 0 spiro atoms. The Morgan fingerprint density at radius 2 is 2.50 bits per heavy atom. The maximum Gasteiger partial charge on any atom is 0.354 e. The number of carbonyl (C=O) groups excluding carboxylic acids is 1. The van der Waals surface area contributed by atoms with Crippen LogP contribution in [-0.4, -0.2) is 24.2 Å². The monoisotopic (exact) mass is 157 g/mol. The number of cyclic esters (lactones) is 1. The average molecular weight is 157 g/mol. The summed E-state index contributed by atoms with van der Waals surface area (Å²) in [6.07, 6.45) is 0. The fourth-order valence-electron chi connectivity index (χ4n) is 1.05. The van der Waals surface area contributed by atoms with Crippen molar-refractivity contribution in [1.82, 2.24) is 5.32 Å². The lowest BCUT2D eigenvalue weighted by Gasteiger charge is -2.11. The first-order valence-corrected chi connectivity index (χ1v) is 4.24. The summed E-state index contributed by atoms with van der Waals surface area (Å²) in [5, 5.41) is 3.00. The molecule has 0 fully saturated rings. The second-order valence-electron chi connectivity index (χ2n) is 2.22. The van der Waals surface area contributed by atoms with Crippen molar-refractivity contribution in [2.45, 2.75) is 0 Å². The van der Waals surface area contributed by atoms with E-state index < -0.39 is 0 Å². The first-order chi connectivity index (χ1) is 4.88. The molecule has 2 aliphatic rings. The summed E-state index contributed by atoms with van der Waals surface area (Å²) in [6.45, 7) is 0.494. The molecule has 2 rings (SSSR count). The van der Waals surface area contributed by atoms with Crippen molar-refractivity contribution < 1.29 is 9.53 Å². The normalized spacial score (nSPS) is 23.8. The number of rotatable bonds is 0. The minimum absolute atomic E-state index is 0.185. The van der Waals surface area contributed by atoms with Gasteiger partial charge in [0.15, 0.2) is 0 Å². The topological polar surface area (TPSA) is 38.3 Å². The van der Waals surface area contributed by atoms with Crippen LogP contribution in [0, 0.1) is 0 Å². The van der Waals surface area contributed by atoms with Gasteiger partial charge in [-0.15, -0.1) is 11.8 Å². The summed E-state index contributed by atoms with van der Waals surface area (Å²) in [6, 6.07) is 0. The highest BCUT2D eigenvalue weighted by Gasteiger charge is 2.26. The van der Waals surface area contributed by atoms with Gasteiger partial charge in [-0.05, 0) is 0 Å². The summed E-state index contributed by atoms with van der Waals surface area (Å²) in [4.78, 5) is 10.9. The molecule has 0 radical (unpaired) electrons. The minimum atomic E-state index is -0.185. The zero-order valence-corrected chi connectivity index (χ0v) is 6.16. The smallest absolute Gasteiger partial charge is 0.354 e. The highest BCUT2D eigenvalue weighted by atomic mass is 32.2. The lowest BCUT2D eigenvalue weighted by molar-refractivity contribution is -0.136. The zero-order valence-electron chi connectivity index (χ0n) is 5.35. The van der Waals surface area contributed by atoms with Crippen molar-refractivity contribution in [3.8, 4) is 0 Å². The van der Waals surface area contributed by atoms with Gasteiger partial charge in [-0.25, -0.2) is 4.79 Å². The third-order valence-electron chi connectivity index (χ3n) is 1.56. The zero-order chi connectivity index (χ0) is 6.97. The molecule has 1 N–H and O–H groups in total. The summed E-state index contributed by atoms with van der Waals surface area (Å²) in [7, 11) is 0. The van der Waals surface area contributed by atoms with Gasteiger partial charge in [0.1, 0.15) is 12.3 Å². The van der Waals surface area contributed by atoms with Gasteiger partial charge >= 0.3 is 5.97 Å². The van der Waals surface area contributed by atoms with E-state index in [4.69, 9.17) is 4.74 Å². The van der Waals surface area contributed by atoms with Gasteiger partial charge in [0.05, 0.1) is 5.88 Å². The van der Waals surface area contributed by atoms with Crippen molar-refractivity contribution in [1.29, 1.82) is 0 Å². The molecule has 0 saturated heterocycles. The molecule has 4 heteroatoms. The SMILES string of the molecule is O=C1OCC2=C1NCSC2. The summed E-state index contributed by atoms with van der Waals surface area (Å²) >= 11 is 1.77. The quantitative estimate of drug-likeness (QED) is 0.506. The molecule has 0 bridgehead atoms. The lowest BCUT2D eigenvalue weighted by atomic mass is 10.3. The van der Waals surface area contributed by atoms with Crippen molar-refractivity contribution in [3.05, 3.63) is 11.3 Å².